The van der Waals surface area contributed by atoms with Crippen LogP contribution in [0.2, 0.25) is 0 Å². The summed E-state index contributed by atoms with van der Waals surface area (Å²) in [4.78, 5) is 25.7. The van der Waals surface area contributed by atoms with E-state index in [4.69, 9.17) is 9.88 Å². The molecule has 26 heavy (non-hydrogen) atoms. The van der Waals surface area contributed by atoms with Crippen molar-refractivity contribution < 1.29 is 22.9 Å². The normalized spacial score (nSPS) is 11.0. The molecule has 0 bridgehead atoms. The molecule has 0 spiro atoms. The molecular formula is C15H16N4O6S. The number of carbonyl (C=O) groups excluding carboxylic acids is 1. The van der Waals surface area contributed by atoms with E-state index in [2.05, 4.69) is 10.3 Å². The second-order valence-electron chi connectivity index (χ2n) is 5.38. The maximum Gasteiger partial charge on any atom is 0.406 e. The number of benzene rings is 1. The third-order valence-electron chi connectivity index (χ3n) is 3.53. The highest BCUT2D eigenvalue weighted by Gasteiger charge is 2.18. The highest BCUT2D eigenvalue weighted by atomic mass is 32.2. The zero-order valence-corrected chi connectivity index (χ0v) is 14.7. The Kier molecular flexibility index (Phi) is 5.53. The predicted molar refractivity (Wildman–Crippen MR) is 92.3 cm³/mol. The van der Waals surface area contributed by atoms with Crippen LogP contribution in [0.3, 0.4) is 0 Å². The van der Waals surface area contributed by atoms with Crippen molar-refractivity contribution in [1.82, 2.24) is 4.98 Å². The van der Waals surface area contributed by atoms with Crippen molar-refractivity contribution in [3.63, 3.8) is 0 Å². The molecule has 3 N–H and O–H groups in total. The number of nitrogens with one attached hydrogen (secondary N) is 1. The fourth-order valence-corrected chi connectivity index (χ4v) is 2.71. The highest BCUT2D eigenvalue weighted by molar-refractivity contribution is 7.89. The maximum atomic E-state index is 12.1. The van der Waals surface area contributed by atoms with Gasteiger partial charge in [-0.3, -0.25) is 4.79 Å². The number of aryl methyl sites for hydroxylation is 1. The third-order valence-corrected chi connectivity index (χ3v) is 4.42. The molecule has 11 heteroatoms. The lowest BCUT2D eigenvalue weighted by atomic mass is 10.1. The first-order valence-electron chi connectivity index (χ1n) is 7.25. The monoisotopic (exact) mass is 380 g/mol. The van der Waals surface area contributed by atoms with E-state index in [1.54, 1.807) is 13.8 Å². The van der Waals surface area contributed by atoms with E-state index < -0.39 is 33.3 Å². The second-order valence-corrected chi connectivity index (χ2v) is 6.94. The molecule has 2 rings (SSSR count). The summed E-state index contributed by atoms with van der Waals surface area (Å²) >= 11 is 0. The fourth-order valence-electron chi connectivity index (χ4n) is 2.08. The summed E-state index contributed by atoms with van der Waals surface area (Å²) in [7, 11) is -3.94. The average Bonchev–Trinajstić information content (AvgIpc) is 2.56. The number of hydrogen-bond acceptors (Lipinski definition) is 7. The van der Waals surface area contributed by atoms with E-state index in [9.17, 15) is 23.3 Å². The number of pyridine rings is 1. The van der Waals surface area contributed by atoms with Crippen molar-refractivity contribution in [2.45, 2.75) is 18.7 Å². The van der Waals surface area contributed by atoms with Gasteiger partial charge >= 0.3 is 5.82 Å². The molecule has 0 unspecified atom stereocenters. The topological polar surface area (TPSA) is 155 Å². The van der Waals surface area contributed by atoms with Gasteiger partial charge in [0.15, 0.2) is 6.61 Å². The van der Waals surface area contributed by atoms with Gasteiger partial charge in [0.05, 0.1) is 4.90 Å². The van der Waals surface area contributed by atoms with Crippen molar-refractivity contribution in [3.8, 4) is 5.75 Å². The Bertz CT molecular complexity index is 974. The van der Waals surface area contributed by atoms with Gasteiger partial charge in [-0.15, -0.1) is 0 Å². The average molecular weight is 380 g/mol. The number of nitrogens with zero attached hydrogens (tertiary/aromatic N) is 2. The molecule has 0 aliphatic carbocycles. The van der Waals surface area contributed by atoms with Crippen LogP contribution < -0.4 is 15.2 Å². The summed E-state index contributed by atoms with van der Waals surface area (Å²) in [5, 5.41) is 18.5. The van der Waals surface area contributed by atoms with E-state index in [1.165, 1.54) is 30.5 Å². The van der Waals surface area contributed by atoms with Gasteiger partial charge < -0.3 is 20.2 Å². The van der Waals surface area contributed by atoms with Crippen molar-refractivity contribution in [2.24, 2.45) is 5.14 Å². The Labute approximate surface area is 149 Å². The number of anilines is 1. The quantitative estimate of drug-likeness (QED) is 0.565. The van der Waals surface area contributed by atoms with Crippen molar-refractivity contribution >= 4 is 27.4 Å². The number of nitrogens with two attached hydrogens (primary N) is 1. The van der Waals surface area contributed by atoms with Crippen LogP contribution in [0.5, 0.6) is 5.75 Å². The number of rotatable bonds is 6. The first-order chi connectivity index (χ1) is 12.1. The molecule has 1 amide bonds. The molecule has 2 aromatic rings. The first kappa shape index (κ1) is 19.3. The molecule has 0 aliphatic rings. The number of aromatic nitrogens is 1. The lowest BCUT2D eigenvalue weighted by molar-refractivity contribution is -0.390. The summed E-state index contributed by atoms with van der Waals surface area (Å²) in [5.74, 6) is -1.29. The minimum absolute atomic E-state index is 0.139. The van der Waals surface area contributed by atoms with E-state index in [1.807, 2.05) is 0 Å². The van der Waals surface area contributed by atoms with Crippen molar-refractivity contribution in [2.75, 3.05) is 11.9 Å². The first-order valence-corrected chi connectivity index (χ1v) is 8.80. The molecule has 0 atom stereocenters. The largest absolute Gasteiger partial charge is 0.476 e. The van der Waals surface area contributed by atoms with Crippen LogP contribution in [0, 0.1) is 24.0 Å². The Morgan fingerprint density at radius 3 is 2.69 bits per heavy atom. The highest BCUT2D eigenvalue weighted by Crippen LogP contribution is 2.25. The molecule has 0 fully saturated rings. The number of sulfonamides is 1. The van der Waals surface area contributed by atoms with Gasteiger partial charge in [-0.1, -0.05) is 0 Å². The van der Waals surface area contributed by atoms with Crippen LogP contribution in [0.15, 0.2) is 35.4 Å². The molecule has 1 heterocycles. The standard InChI is InChI=1S/C15H16N4O6S/c1-9-6-11(26(16,23)24)7-12(10(9)2)18-14(20)8-25-13-4-3-5-17-15(13)19(21)22/h3-7H,8H2,1-2H3,(H,18,20)(H2,16,23,24). The molecule has 1 aromatic heterocycles. The molecule has 10 nitrogen and oxygen atoms in total. The Morgan fingerprint density at radius 1 is 1.38 bits per heavy atom. The number of nitro groups is 1. The molecule has 0 aliphatic heterocycles. The third kappa shape index (κ3) is 4.52. The predicted octanol–water partition coefficient (Wildman–Crippen LogP) is 1.27. The van der Waals surface area contributed by atoms with Crippen LogP contribution in [-0.4, -0.2) is 30.8 Å². The van der Waals surface area contributed by atoms with Crippen molar-refractivity contribution in [3.05, 3.63) is 51.7 Å². The van der Waals surface area contributed by atoms with Gasteiger partial charge in [-0.05, 0) is 59.1 Å². The lowest BCUT2D eigenvalue weighted by Crippen LogP contribution is -2.22. The zero-order valence-electron chi connectivity index (χ0n) is 13.9. The van der Waals surface area contributed by atoms with Crippen LogP contribution >= 0.6 is 0 Å². The minimum Gasteiger partial charge on any atom is -0.476 e. The number of ether oxygens (including phenoxy) is 1. The van der Waals surface area contributed by atoms with Gasteiger partial charge in [0.1, 0.15) is 6.20 Å². The Balaban J connectivity index is 2.16. The van der Waals surface area contributed by atoms with Crippen LogP contribution in [0.4, 0.5) is 11.5 Å². The summed E-state index contributed by atoms with van der Waals surface area (Å²) in [6.45, 7) is 2.85. The maximum absolute atomic E-state index is 12.1. The number of carbonyl (C=O) groups is 1. The van der Waals surface area contributed by atoms with E-state index >= 15 is 0 Å². The number of hydrogen-bond donors (Lipinski definition) is 2. The Hall–Kier alpha value is -3.05. The van der Waals surface area contributed by atoms with Crippen LogP contribution in [0.25, 0.3) is 0 Å². The van der Waals surface area contributed by atoms with Crippen LogP contribution in [-0.2, 0) is 14.8 Å². The van der Waals surface area contributed by atoms with Gasteiger partial charge in [0.25, 0.3) is 5.91 Å². The summed E-state index contributed by atoms with van der Waals surface area (Å²) in [6, 6.07) is 5.39. The molecule has 0 radical (unpaired) electrons. The van der Waals surface area contributed by atoms with E-state index in [0.717, 1.165) is 0 Å². The summed E-state index contributed by atoms with van der Waals surface area (Å²) < 4.78 is 28.2. The summed E-state index contributed by atoms with van der Waals surface area (Å²) in [6.07, 6.45) is 1.23. The number of amides is 1. The zero-order chi connectivity index (χ0) is 19.5. The van der Waals surface area contributed by atoms with E-state index in [0.29, 0.717) is 11.1 Å². The van der Waals surface area contributed by atoms with Gasteiger partial charge in [-0.2, -0.15) is 0 Å². The second kappa shape index (κ2) is 7.45. The van der Waals surface area contributed by atoms with Crippen molar-refractivity contribution in [1.29, 1.82) is 0 Å². The summed E-state index contributed by atoms with van der Waals surface area (Å²) in [5.41, 5.74) is 1.53. The fraction of sp³-hybridized carbons (Fsp3) is 0.200. The SMILES string of the molecule is Cc1cc(S(N)(=O)=O)cc(NC(=O)COc2cccnc2[N+](=O)[O-])c1C. The van der Waals surface area contributed by atoms with Gasteiger partial charge in [-0.25, -0.2) is 13.6 Å². The number of primary sulfonamides is 1. The smallest absolute Gasteiger partial charge is 0.406 e. The van der Waals surface area contributed by atoms with Crippen LogP contribution in [0.1, 0.15) is 11.1 Å². The van der Waals surface area contributed by atoms with Gasteiger partial charge in [0.2, 0.25) is 15.8 Å². The Morgan fingerprint density at radius 2 is 2.08 bits per heavy atom. The molecule has 0 saturated carbocycles. The minimum atomic E-state index is -3.94. The van der Waals surface area contributed by atoms with Gasteiger partial charge in [0, 0.05) is 5.69 Å². The lowest BCUT2D eigenvalue weighted by Gasteiger charge is -2.13. The molecule has 1 aromatic carbocycles. The van der Waals surface area contributed by atoms with E-state index in [-0.39, 0.29) is 16.3 Å². The molecule has 0 saturated heterocycles. The molecule has 138 valence electrons. The molecular weight excluding hydrogens is 364 g/mol.